The van der Waals surface area contributed by atoms with E-state index in [9.17, 15) is 9.59 Å². The van der Waals surface area contributed by atoms with Crippen LogP contribution >= 0.6 is 11.3 Å². The highest BCUT2D eigenvalue weighted by Gasteiger charge is 2.14. The van der Waals surface area contributed by atoms with E-state index >= 15 is 0 Å². The van der Waals surface area contributed by atoms with Crippen molar-refractivity contribution in [3.8, 4) is 0 Å². The van der Waals surface area contributed by atoms with Crippen molar-refractivity contribution in [2.75, 3.05) is 39.8 Å². The molecule has 2 aromatic rings. The number of piperazine rings is 1. The van der Waals surface area contributed by atoms with Gasteiger partial charge in [-0.15, -0.1) is 11.3 Å². The number of thiophene rings is 1. The molecule has 2 N–H and O–H groups in total. The summed E-state index contributed by atoms with van der Waals surface area (Å²) in [4.78, 5) is 29.4. The number of nitrogens with one attached hydrogen (secondary N) is 2. The molecule has 0 spiro atoms. The third kappa shape index (κ3) is 6.44. The smallest absolute Gasteiger partial charge is 0.261 e. The lowest BCUT2D eigenvalue weighted by Crippen LogP contribution is -2.43. The van der Waals surface area contributed by atoms with Crippen molar-refractivity contribution in [1.82, 2.24) is 20.4 Å². The van der Waals surface area contributed by atoms with Gasteiger partial charge in [-0.2, -0.15) is 0 Å². The zero-order valence-electron chi connectivity index (χ0n) is 16.3. The number of rotatable bonds is 8. The van der Waals surface area contributed by atoms with Crippen molar-refractivity contribution in [2.45, 2.75) is 19.5 Å². The molecule has 1 aromatic carbocycles. The summed E-state index contributed by atoms with van der Waals surface area (Å²) in [6.07, 6.45) is 0.276. The summed E-state index contributed by atoms with van der Waals surface area (Å²) < 4.78 is 0. The summed E-state index contributed by atoms with van der Waals surface area (Å²) in [5, 5.41) is 7.57. The molecular weight excluding hydrogens is 372 g/mol. The molecule has 1 fully saturated rings. The molecule has 1 aliphatic heterocycles. The molecule has 1 aliphatic rings. The van der Waals surface area contributed by atoms with Crippen LogP contribution in [0.25, 0.3) is 0 Å². The van der Waals surface area contributed by atoms with E-state index in [-0.39, 0.29) is 18.2 Å². The lowest BCUT2D eigenvalue weighted by atomic mass is 10.1. The fourth-order valence-electron chi connectivity index (χ4n) is 3.18. The summed E-state index contributed by atoms with van der Waals surface area (Å²) >= 11 is 1.39. The molecule has 0 aliphatic carbocycles. The van der Waals surface area contributed by atoms with Crippen molar-refractivity contribution >= 4 is 23.2 Å². The second-order valence-electron chi connectivity index (χ2n) is 7.16. The van der Waals surface area contributed by atoms with Gasteiger partial charge < -0.3 is 15.5 Å². The number of carbonyl (C=O) groups is 2. The summed E-state index contributed by atoms with van der Waals surface area (Å²) in [6.45, 7) is 6.20. The Morgan fingerprint density at radius 2 is 1.82 bits per heavy atom. The number of likely N-dealkylation sites (N-methyl/N-ethyl adjacent to an activating group) is 1. The van der Waals surface area contributed by atoms with Crippen LogP contribution in [0.2, 0.25) is 0 Å². The Balaban J connectivity index is 1.38. The molecule has 1 saturated heterocycles. The molecule has 1 aromatic heterocycles. The van der Waals surface area contributed by atoms with Gasteiger partial charge >= 0.3 is 0 Å². The second-order valence-corrected chi connectivity index (χ2v) is 8.11. The third-order valence-corrected chi connectivity index (χ3v) is 5.73. The van der Waals surface area contributed by atoms with Crippen molar-refractivity contribution in [3.05, 3.63) is 57.8 Å². The molecule has 2 amide bonds. The summed E-state index contributed by atoms with van der Waals surface area (Å²) in [6, 6.07) is 12.0. The zero-order valence-corrected chi connectivity index (χ0v) is 17.1. The van der Waals surface area contributed by atoms with E-state index in [0.717, 1.165) is 38.3 Å². The third-order valence-electron chi connectivity index (χ3n) is 4.87. The second kappa shape index (κ2) is 10.4. The summed E-state index contributed by atoms with van der Waals surface area (Å²) in [5.41, 5.74) is 2.38. The van der Waals surface area contributed by atoms with Crippen LogP contribution in [0, 0.1) is 0 Å². The number of hydrogen-bond donors (Lipinski definition) is 2. The molecular formula is C21H28N4O2S. The van der Waals surface area contributed by atoms with Gasteiger partial charge in [0.25, 0.3) is 5.91 Å². The Labute approximate surface area is 170 Å². The van der Waals surface area contributed by atoms with Crippen molar-refractivity contribution in [2.24, 2.45) is 0 Å². The van der Waals surface area contributed by atoms with Crippen LogP contribution < -0.4 is 10.6 Å². The van der Waals surface area contributed by atoms with Gasteiger partial charge in [0, 0.05) is 52.2 Å². The van der Waals surface area contributed by atoms with E-state index in [1.807, 2.05) is 23.6 Å². The number of carbonyl (C=O) groups excluding carboxylic acids is 2. The van der Waals surface area contributed by atoms with Gasteiger partial charge in [0.05, 0.1) is 4.88 Å². The average molecular weight is 401 g/mol. The number of nitrogens with zero attached hydrogens (tertiary/aromatic N) is 2. The van der Waals surface area contributed by atoms with Crippen molar-refractivity contribution in [3.63, 3.8) is 0 Å². The number of hydrogen-bond acceptors (Lipinski definition) is 5. The molecule has 2 heterocycles. The van der Waals surface area contributed by atoms with Crippen LogP contribution in [-0.2, 0) is 17.9 Å². The van der Waals surface area contributed by atoms with Gasteiger partial charge in [-0.05, 0) is 29.6 Å². The Morgan fingerprint density at radius 3 is 2.57 bits per heavy atom. The predicted octanol–water partition coefficient (Wildman–Crippen LogP) is 1.93. The molecule has 0 atom stereocenters. The highest BCUT2D eigenvalue weighted by atomic mass is 32.1. The first-order chi connectivity index (χ1) is 13.6. The van der Waals surface area contributed by atoms with E-state index in [1.165, 1.54) is 16.9 Å². The van der Waals surface area contributed by atoms with Gasteiger partial charge in [-0.1, -0.05) is 30.3 Å². The maximum absolute atomic E-state index is 12.0. The first kappa shape index (κ1) is 20.5. The fraction of sp³-hybridized carbons (Fsp3) is 0.429. The van der Waals surface area contributed by atoms with Gasteiger partial charge in [0.1, 0.15) is 0 Å². The van der Waals surface area contributed by atoms with E-state index in [0.29, 0.717) is 18.0 Å². The monoisotopic (exact) mass is 400 g/mol. The standard InChI is InChI=1S/C21H28N4O2S/c1-24-9-11-25(12-10-24)16-18-5-2-4-17(14-18)15-23-20(26)7-8-22-21(27)19-6-3-13-28-19/h2-6,13-14H,7-12,15-16H2,1H3,(H,22,27)(H,23,26). The normalized spacial score (nSPS) is 15.3. The molecule has 0 saturated carbocycles. The van der Waals surface area contributed by atoms with E-state index in [1.54, 1.807) is 6.07 Å². The van der Waals surface area contributed by atoms with Crippen molar-refractivity contribution in [1.29, 1.82) is 0 Å². The highest BCUT2D eigenvalue weighted by molar-refractivity contribution is 7.12. The van der Waals surface area contributed by atoms with Crippen LogP contribution in [0.4, 0.5) is 0 Å². The van der Waals surface area contributed by atoms with Gasteiger partial charge in [-0.3, -0.25) is 14.5 Å². The van der Waals surface area contributed by atoms with Gasteiger partial charge in [0.15, 0.2) is 0 Å². The average Bonchev–Trinajstić information content (AvgIpc) is 3.23. The SMILES string of the molecule is CN1CCN(Cc2cccc(CNC(=O)CCNC(=O)c3cccs3)c2)CC1. The maximum Gasteiger partial charge on any atom is 0.261 e. The minimum absolute atomic E-state index is 0.0593. The maximum atomic E-state index is 12.0. The Morgan fingerprint density at radius 1 is 1.04 bits per heavy atom. The molecule has 0 radical (unpaired) electrons. The molecule has 150 valence electrons. The number of amides is 2. The molecule has 0 unspecified atom stereocenters. The Bertz CT molecular complexity index is 770. The first-order valence-electron chi connectivity index (χ1n) is 9.67. The first-order valence-corrected chi connectivity index (χ1v) is 10.6. The quantitative estimate of drug-likeness (QED) is 0.711. The highest BCUT2D eigenvalue weighted by Crippen LogP contribution is 2.11. The van der Waals surface area contributed by atoms with E-state index in [2.05, 4.69) is 39.6 Å². The van der Waals surface area contributed by atoms with Crippen LogP contribution in [0.5, 0.6) is 0 Å². The zero-order chi connectivity index (χ0) is 19.8. The topological polar surface area (TPSA) is 64.7 Å². The molecule has 28 heavy (non-hydrogen) atoms. The lowest BCUT2D eigenvalue weighted by molar-refractivity contribution is -0.121. The molecule has 0 bridgehead atoms. The molecule has 3 rings (SSSR count). The molecule has 7 heteroatoms. The van der Waals surface area contributed by atoms with Crippen LogP contribution in [-0.4, -0.2) is 61.4 Å². The van der Waals surface area contributed by atoms with Crippen LogP contribution in [0.1, 0.15) is 27.2 Å². The van der Waals surface area contributed by atoms with Gasteiger partial charge in [0.2, 0.25) is 5.91 Å². The largest absolute Gasteiger partial charge is 0.352 e. The van der Waals surface area contributed by atoms with Crippen LogP contribution in [0.15, 0.2) is 41.8 Å². The minimum atomic E-state index is -0.126. The van der Waals surface area contributed by atoms with Gasteiger partial charge in [-0.25, -0.2) is 0 Å². The molecule has 6 nitrogen and oxygen atoms in total. The summed E-state index contributed by atoms with van der Waals surface area (Å²) in [7, 11) is 2.16. The predicted molar refractivity (Wildman–Crippen MR) is 112 cm³/mol. The Kier molecular flexibility index (Phi) is 7.59. The van der Waals surface area contributed by atoms with Crippen LogP contribution in [0.3, 0.4) is 0 Å². The van der Waals surface area contributed by atoms with Crippen molar-refractivity contribution < 1.29 is 9.59 Å². The number of benzene rings is 1. The van der Waals surface area contributed by atoms with E-state index in [4.69, 9.17) is 0 Å². The lowest BCUT2D eigenvalue weighted by Gasteiger charge is -2.32. The van der Waals surface area contributed by atoms with E-state index < -0.39 is 0 Å². The summed E-state index contributed by atoms with van der Waals surface area (Å²) in [5.74, 6) is -0.185. The Hall–Kier alpha value is -2.22. The fourth-order valence-corrected chi connectivity index (χ4v) is 3.82. The minimum Gasteiger partial charge on any atom is -0.352 e.